The number of primary amides is 1. The van der Waals surface area contributed by atoms with Crippen molar-refractivity contribution >= 4 is 23.4 Å². The molecule has 10 heteroatoms. The van der Waals surface area contributed by atoms with E-state index in [0.29, 0.717) is 37.2 Å². The summed E-state index contributed by atoms with van der Waals surface area (Å²) in [6, 6.07) is 20.6. The number of aliphatic hydroxyl groups is 1. The van der Waals surface area contributed by atoms with Crippen LogP contribution in [0.3, 0.4) is 0 Å². The van der Waals surface area contributed by atoms with Gasteiger partial charge in [-0.15, -0.1) is 0 Å². The minimum atomic E-state index is -0.884. The van der Waals surface area contributed by atoms with E-state index in [0.717, 1.165) is 41.0 Å². The van der Waals surface area contributed by atoms with Crippen molar-refractivity contribution in [3.63, 3.8) is 0 Å². The molecule has 3 aromatic carbocycles. The number of benzene rings is 3. The second kappa shape index (κ2) is 19.4. The molecule has 3 rings (SSSR count). The first kappa shape index (κ1) is 38.0. The van der Waals surface area contributed by atoms with Crippen molar-refractivity contribution in [2.75, 3.05) is 45.7 Å². The fourth-order valence-electron chi connectivity index (χ4n) is 5.73. The van der Waals surface area contributed by atoms with Gasteiger partial charge < -0.3 is 36.0 Å². The monoisotopic (exact) mass is 659 g/mol. The van der Waals surface area contributed by atoms with Gasteiger partial charge in [0.2, 0.25) is 17.7 Å². The fourth-order valence-corrected chi connectivity index (χ4v) is 5.73. The molecule has 0 bridgehead atoms. The van der Waals surface area contributed by atoms with E-state index in [1.165, 1.54) is 0 Å². The Balaban J connectivity index is 1.77. The molecule has 0 aromatic heterocycles. The molecular weight excluding hydrogens is 606 g/mol. The molecule has 10 nitrogen and oxygen atoms in total. The smallest absolute Gasteiger partial charge is 0.226 e. The van der Waals surface area contributed by atoms with Crippen molar-refractivity contribution in [3.8, 4) is 5.75 Å². The van der Waals surface area contributed by atoms with E-state index < -0.39 is 18.1 Å². The van der Waals surface area contributed by atoms with Crippen molar-refractivity contribution in [2.45, 2.75) is 71.1 Å². The molecule has 2 atom stereocenters. The molecule has 0 heterocycles. The molecular formula is C38H53N5O5. The minimum absolute atomic E-state index is 0.00747. The summed E-state index contributed by atoms with van der Waals surface area (Å²) in [6.45, 7) is 6.22. The van der Waals surface area contributed by atoms with Crippen molar-refractivity contribution in [2.24, 2.45) is 5.73 Å². The zero-order valence-electron chi connectivity index (χ0n) is 29.1. The Morgan fingerprint density at radius 1 is 0.833 bits per heavy atom. The Hall–Kier alpha value is -4.41. The van der Waals surface area contributed by atoms with Crippen LogP contribution in [-0.4, -0.2) is 80.7 Å². The van der Waals surface area contributed by atoms with E-state index in [1.807, 2.05) is 98.4 Å². The molecule has 0 spiro atoms. The third kappa shape index (κ3) is 12.7. The predicted molar refractivity (Wildman–Crippen MR) is 191 cm³/mol. The van der Waals surface area contributed by atoms with Gasteiger partial charge >= 0.3 is 0 Å². The Kier molecular flexibility index (Phi) is 15.4. The molecule has 3 amide bonds. The molecule has 48 heavy (non-hydrogen) atoms. The van der Waals surface area contributed by atoms with Crippen LogP contribution in [0.5, 0.6) is 5.75 Å². The van der Waals surface area contributed by atoms with E-state index in [2.05, 4.69) is 10.6 Å². The second-order valence-electron chi connectivity index (χ2n) is 12.5. The first-order valence-corrected chi connectivity index (χ1v) is 16.8. The van der Waals surface area contributed by atoms with Crippen molar-refractivity contribution in [1.29, 1.82) is 0 Å². The minimum Gasteiger partial charge on any atom is -0.497 e. The standard InChI is InChI=1S/C38H53N5O5/c1-6-15-43(16-7-2)38(47)24-31-18-29(22-36(39)45)17-30(19-31)23-37(46)41-34(21-27-11-13-32(14-12-27)42(3)4)35(44)26-40-25-28-9-8-10-33(20-28)48-5/h8-14,17-20,34-35,40,44H,6-7,15-16,21-26H2,1-5H3,(H2,39,45)(H,41,46)/t34-,35+/m0/s1. The normalized spacial score (nSPS) is 12.2. The molecule has 0 aliphatic rings. The Morgan fingerprint density at radius 2 is 1.46 bits per heavy atom. The van der Waals surface area contributed by atoms with Gasteiger partial charge in [0.15, 0.2) is 0 Å². The molecule has 3 aromatic rings. The van der Waals surface area contributed by atoms with Crippen molar-refractivity contribution in [3.05, 3.63) is 94.5 Å². The molecule has 0 radical (unpaired) electrons. The number of anilines is 1. The second-order valence-corrected chi connectivity index (χ2v) is 12.5. The molecule has 0 unspecified atom stereocenters. The maximum Gasteiger partial charge on any atom is 0.226 e. The highest BCUT2D eigenvalue weighted by Crippen LogP contribution is 2.17. The number of hydrogen-bond acceptors (Lipinski definition) is 7. The summed E-state index contributed by atoms with van der Waals surface area (Å²) in [5.41, 5.74) is 10.6. The van der Waals surface area contributed by atoms with Crippen molar-refractivity contribution in [1.82, 2.24) is 15.5 Å². The number of nitrogens with one attached hydrogen (secondary N) is 2. The summed E-state index contributed by atoms with van der Waals surface area (Å²) < 4.78 is 5.32. The first-order valence-electron chi connectivity index (χ1n) is 16.8. The van der Waals surface area contributed by atoms with Gasteiger partial charge in [-0.05, 0) is 71.3 Å². The zero-order chi connectivity index (χ0) is 35.1. The van der Waals surface area contributed by atoms with Crippen LogP contribution in [0.2, 0.25) is 0 Å². The van der Waals surface area contributed by atoms with Gasteiger partial charge in [0, 0.05) is 46.0 Å². The van der Waals surface area contributed by atoms with E-state index in [4.69, 9.17) is 10.5 Å². The van der Waals surface area contributed by atoms with E-state index in [1.54, 1.807) is 13.2 Å². The lowest BCUT2D eigenvalue weighted by Crippen LogP contribution is -2.49. The topological polar surface area (TPSA) is 137 Å². The Bertz CT molecular complexity index is 1470. The predicted octanol–water partition coefficient (Wildman–Crippen LogP) is 3.40. The number of carbonyl (C=O) groups excluding carboxylic acids is 3. The van der Waals surface area contributed by atoms with Gasteiger partial charge in [-0.3, -0.25) is 14.4 Å². The average Bonchev–Trinajstić information content (AvgIpc) is 3.04. The first-order chi connectivity index (χ1) is 23.0. The van der Waals surface area contributed by atoms with Gasteiger partial charge in [-0.25, -0.2) is 0 Å². The fraction of sp³-hybridized carbons (Fsp3) is 0.447. The molecule has 0 aliphatic heterocycles. The van der Waals surface area contributed by atoms with Crippen LogP contribution in [-0.2, 0) is 46.6 Å². The number of methoxy groups -OCH3 is 1. The summed E-state index contributed by atoms with van der Waals surface area (Å²) >= 11 is 0. The number of aliphatic hydroxyl groups excluding tert-OH is 1. The van der Waals surface area contributed by atoms with Crippen LogP contribution < -0.4 is 26.0 Å². The summed E-state index contributed by atoms with van der Waals surface area (Å²) in [4.78, 5) is 42.3. The van der Waals surface area contributed by atoms with Gasteiger partial charge in [-0.1, -0.05) is 56.3 Å². The number of ether oxygens (including phenoxy) is 1. The van der Waals surface area contributed by atoms with Gasteiger partial charge in [0.1, 0.15) is 5.75 Å². The summed E-state index contributed by atoms with van der Waals surface area (Å²) in [5.74, 6) is 0.00399. The zero-order valence-corrected chi connectivity index (χ0v) is 29.1. The molecule has 0 aliphatic carbocycles. The Labute approximate surface area is 285 Å². The highest BCUT2D eigenvalue weighted by Gasteiger charge is 2.23. The molecule has 5 N–H and O–H groups in total. The van der Waals surface area contributed by atoms with E-state index in [9.17, 15) is 19.5 Å². The summed E-state index contributed by atoms with van der Waals surface area (Å²) in [6.07, 6.45) is 1.46. The van der Waals surface area contributed by atoms with Crippen LogP contribution in [0.15, 0.2) is 66.7 Å². The number of rotatable bonds is 20. The van der Waals surface area contributed by atoms with Gasteiger partial charge in [-0.2, -0.15) is 0 Å². The summed E-state index contributed by atoms with van der Waals surface area (Å²) in [7, 11) is 5.57. The van der Waals surface area contributed by atoms with Gasteiger partial charge in [0.25, 0.3) is 0 Å². The summed E-state index contributed by atoms with van der Waals surface area (Å²) in [5, 5.41) is 17.7. The number of nitrogens with two attached hydrogens (primary N) is 1. The third-order valence-electron chi connectivity index (χ3n) is 8.09. The largest absolute Gasteiger partial charge is 0.497 e. The maximum atomic E-state index is 13.5. The third-order valence-corrected chi connectivity index (χ3v) is 8.09. The molecule has 260 valence electrons. The van der Waals surface area contributed by atoms with E-state index in [-0.39, 0.29) is 37.6 Å². The van der Waals surface area contributed by atoms with Crippen LogP contribution >= 0.6 is 0 Å². The molecule has 0 fully saturated rings. The van der Waals surface area contributed by atoms with Crippen LogP contribution in [0.1, 0.15) is 54.5 Å². The highest BCUT2D eigenvalue weighted by atomic mass is 16.5. The van der Waals surface area contributed by atoms with Gasteiger partial charge in [0.05, 0.1) is 38.5 Å². The number of hydrogen-bond donors (Lipinski definition) is 4. The molecule has 0 saturated heterocycles. The lowest BCUT2D eigenvalue weighted by Gasteiger charge is -2.25. The number of amides is 3. The van der Waals surface area contributed by atoms with Crippen LogP contribution in [0, 0.1) is 0 Å². The van der Waals surface area contributed by atoms with Crippen molar-refractivity contribution < 1.29 is 24.2 Å². The quantitative estimate of drug-likeness (QED) is 0.146. The number of carbonyl (C=O) groups is 3. The highest BCUT2D eigenvalue weighted by molar-refractivity contribution is 5.81. The lowest BCUT2D eigenvalue weighted by atomic mass is 9.97. The SMILES string of the molecule is CCCN(CCC)C(=O)Cc1cc(CC(N)=O)cc(CC(=O)N[C@@H](Cc2ccc(N(C)C)cc2)[C@H](O)CNCc2cccc(OC)c2)c1. The maximum absolute atomic E-state index is 13.5. The average molecular weight is 660 g/mol. The Morgan fingerprint density at radius 3 is 2.04 bits per heavy atom. The van der Waals surface area contributed by atoms with Crippen LogP contribution in [0.25, 0.3) is 0 Å². The lowest BCUT2D eigenvalue weighted by molar-refractivity contribution is -0.130. The number of nitrogens with zero attached hydrogens (tertiary/aromatic N) is 2. The molecule has 0 saturated carbocycles. The van der Waals surface area contributed by atoms with E-state index >= 15 is 0 Å². The van der Waals surface area contributed by atoms with Crippen LogP contribution in [0.4, 0.5) is 5.69 Å².